The van der Waals surface area contributed by atoms with Gasteiger partial charge in [0.25, 0.3) is 0 Å². The fourth-order valence-corrected chi connectivity index (χ4v) is 4.83. The van der Waals surface area contributed by atoms with Gasteiger partial charge in [-0.05, 0) is 79.3 Å². The summed E-state index contributed by atoms with van der Waals surface area (Å²) < 4.78 is 2.09. The van der Waals surface area contributed by atoms with Crippen LogP contribution in [0.5, 0.6) is 0 Å². The molecule has 8 heteroatoms. The second-order valence-corrected chi connectivity index (χ2v) is 9.52. The van der Waals surface area contributed by atoms with Gasteiger partial charge in [0.1, 0.15) is 11.9 Å². The third kappa shape index (κ3) is 4.47. The highest BCUT2D eigenvalue weighted by molar-refractivity contribution is 7.80. The molecule has 3 aromatic heterocycles. The number of aryl methyl sites for hydroxylation is 1. The number of anilines is 2. The molecule has 0 saturated carbocycles. The highest BCUT2D eigenvalue weighted by Gasteiger charge is 2.42. The number of nitrogens with zero attached hydrogens (tertiary/aromatic N) is 4. The zero-order valence-corrected chi connectivity index (χ0v) is 21.2. The molecule has 2 N–H and O–H groups in total. The van der Waals surface area contributed by atoms with Crippen LogP contribution in [0.4, 0.5) is 11.4 Å². The fourth-order valence-electron chi connectivity index (χ4n) is 4.49. The van der Waals surface area contributed by atoms with Crippen molar-refractivity contribution in [2.24, 2.45) is 5.92 Å². The summed E-state index contributed by atoms with van der Waals surface area (Å²) in [7, 11) is 0. The number of carbonyl (C=O) groups excluding carboxylic acids is 1. The van der Waals surface area contributed by atoms with Gasteiger partial charge in [0.05, 0.1) is 11.7 Å². The zero-order valence-electron chi connectivity index (χ0n) is 20.4. The van der Waals surface area contributed by atoms with Crippen LogP contribution >= 0.6 is 12.2 Å². The molecular weight excluding hydrogens is 468 g/mol. The Morgan fingerprint density at radius 3 is 2.47 bits per heavy atom. The minimum Gasteiger partial charge on any atom is -0.351 e. The lowest BCUT2D eigenvalue weighted by molar-refractivity contribution is -0.118. The first-order chi connectivity index (χ1) is 17.4. The zero-order chi connectivity index (χ0) is 25.2. The maximum Gasteiger partial charge on any atom is 0.226 e. The number of rotatable bonds is 6. The monoisotopic (exact) mass is 496 g/mol. The number of thiocarbonyl (C=S) groups is 1. The van der Waals surface area contributed by atoms with Crippen molar-refractivity contribution >= 4 is 34.6 Å². The highest BCUT2D eigenvalue weighted by Crippen LogP contribution is 2.42. The molecule has 1 aromatic carbocycles. The Morgan fingerprint density at radius 2 is 1.81 bits per heavy atom. The van der Waals surface area contributed by atoms with Crippen molar-refractivity contribution in [3.63, 3.8) is 0 Å². The first kappa shape index (κ1) is 23.7. The maximum atomic E-state index is 12.3. The number of benzene rings is 1. The van der Waals surface area contributed by atoms with E-state index in [-0.39, 0.29) is 23.9 Å². The van der Waals surface area contributed by atoms with Crippen LogP contribution in [0.2, 0.25) is 0 Å². The molecule has 1 fully saturated rings. The van der Waals surface area contributed by atoms with Gasteiger partial charge in [-0.15, -0.1) is 0 Å². The van der Waals surface area contributed by atoms with Gasteiger partial charge in [0, 0.05) is 41.6 Å². The van der Waals surface area contributed by atoms with E-state index in [0.717, 1.165) is 34.1 Å². The highest BCUT2D eigenvalue weighted by atomic mass is 32.1. The molecule has 1 saturated heterocycles. The van der Waals surface area contributed by atoms with Crippen LogP contribution in [0, 0.1) is 12.8 Å². The van der Waals surface area contributed by atoms with Gasteiger partial charge in [0.2, 0.25) is 5.91 Å². The predicted octanol–water partition coefficient (Wildman–Crippen LogP) is 5.35. The predicted molar refractivity (Wildman–Crippen MR) is 146 cm³/mol. The van der Waals surface area contributed by atoms with Crippen molar-refractivity contribution in [1.29, 1.82) is 0 Å². The number of hydrogen-bond donors (Lipinski definition) is 2. The quantitative estimate of drug-likeness (QED) is 0.351. The first-order valence-corrected chi connectivity index (χ1v) is 12.4. The lowest BCUT2D eigenvalue weighted by Crippen LogP contribution is -2.30. The molecule has 1 amide bonds. The van der Waals surface area contributed by atoms with E-state index in [9.17, 15) is 4.79 Å². The molecule has 0 unspecified atom stereocenters. The summed E-state index contributed by atoms with van der Waals surface area (Å²) in [6.45, 7) is 5.76. The normalized spacial score (nSPS) is 17.3. The SMILES string of the molecule is Cc1cc(N2C(=S)N[C@@H](c3ccccn3)[C@@H]2c2cccn2-c2ccccn2)ccc1NC(=O)C(C)C. The van der Waals surface area contributed by atoms with E-state index in [1.807, 2.05) is 81.6 Å². The average molecular weight is 497 g/mol. The third-order valence-electron chi connectivity index (χ3n) is 6.35. The van der Waals surface area contributed by atoms with Crippen LogP contribution in [0.3, 0.4) is 0 Å². The molecule has 7 nitrogen and oxygen atoms in total. The Hall–Kier alpha value is -4.04. The maximum absolute atomic E-state index is 12.3. The minimum absolute atomic E-state index is 0.00880. The van der Waals surface area contributed by atoms with Crippen LogP contribution in [0.15, 0.2) is 85.3 Å². The van der Waals surface area contributed by atoms with E-state index < -0.39 is 0 Å². The molecule has 182 valence electrons. The second kappa shape index (κ2) is 9.91. The van der Waals surface area contributed by atoms with Gasteiger partial charge in [-0.2, -0.15) is 0 Å². The van der Waals surface area contributed by atoms with Gasteiger partial charge in [-0.3, -0.25) is 9.78 Å². The van der Waals surface area contributed by atoms with Crippen molar-refractivity contribution in [1.82, 2.24) is 19.9 Å². The van der Waals surface area contributed by atoms with E-state index in [1.165, 1.54) is 0 Å². The van der Waals surface area contributed by atoms with E-state index in [1.54, 1.807) is 12.4 Å². The Balaban J connectivity index is 1.59. The molecule has 2 atom stereocenters. The second-order valence-electron chi connectivity index (χ2n) is 9.13. The molecule has 36 heavy (non-hydrogen) atoms. The summed E-state index contributed by atoms with van der Waals surface area (Å²) in [6, 6.07) is 21.6. The van der Waals surface area contributed by atoms with Gasteiger partial charge in [-0.1, -0.05) is 26.0 Å². The molecule has 5 rings (SSSR count). The smallest absolute Gasteiger partial charge is 0.226 e. The Kier molecular flexibility index (Phi) is 6.52. The number of aromatic nitrogens is 3. The molecule has 0 spiro atoms. The Labute approximate surface area is 216 Å². The summed E-state index contributed by atoms with van der Waals surface area (Å²) in [5, 5.41) is 7.14. The van der Waals surface area contributed by atoms with Gasteiger partial charge in [-0.25, -0.2) is 4.98 Å². The largest absolute Gasteiger partial charge is 0.351 e. The molecule has 0 bridgehead atoms. The number of hydrogen-bond acceptors (Lipinski definition) is 4. The van der Waals surface area contributed by atoms with Crippen LogP contribution < -0.4 is 15.5 Å². The average Bonchev–Trinajstić information content (AvgIpc) is 3.50. The lowest BCUT2D eigenvalue weighted by Gasteiger charge is -2.29. The molecule has 0 aliphatic carbocycles. The minimum atomic E-state index is -0.181. The Morgan fingerprint density at radius 1 is 1.03 bits per heavy atom. The number of amides is 1. The van der Waals surface area contributed by atoms with Crippen molar-refractivity contribution in [3.8, 4) is 5.82 Å². The summed E-state index contributed by atoms with van der Waals surface area (Å²) in [5.41, 5.74) is 4.63. The summed E-state index contributed by atoms with van der Waals surface area (Å²) in [6.07, 6.45) is 5.61. The molecule has 4 heterocycles. The van der Waals surface area contributed by atoms with Crippen LogP contribution in [-0.2, 0) is 4.79 Å². The van der Waals surface area contributed by atoms with Crippen molar-refractivity contribution in [2.75, 3.05) is 10.2 Å². The van der Waals surface area contributed by atoms with Gasteiger partial charge < -0.3 is 20.1 Å². The summed E-state index contributed by atoms with van der Waals surface area (Å²) in [5.74, 6) is 0.728. The first-order valence-electron chi connectivity index (χ1n) is 11.9. The molecular formula is C28H28N6OS. The van der Waals surface area contributed by atoms with Gasteiger partial charge in [0.15, 0.2) is 5.11 Å². The van der Waals surface area contributed by atoms with E-state index in [2.05, 4.69) is 42.2 Å². The number of pyridine rings is 2. The van der Waals surface area contributed by atoms with Crippen molar-refractivity contribution < 1.29 is 4.79 Å². The van der Waals surface area contributed by atoms with Crippen LogP contribution in [0.25, 0.3) is 5.82 Å². The number of nitrogens with one attached hydrogen (secondary N) is 2. The third-order valence-corrected chi connectivity index (χ3v) is 6.66. The fraction of sp³-hybridized carbons (Fsp3) is 0.214. The van der Waals surface area contributed by atoms with Gasteiger partial charge >= 0.3 is 0 Å². The standard InChI is InChI=1S/C28H28N6OS/c1-18(2)27(35)31-21-13-12-20(17-19(21)3)34-26(25(32-28(34)36)22-9-4-6-14-29-22)23-10-8-16-33(23)24-11-5-7-15-30-24/h4-18,25-26H,1-3H3,(H,31,35)(H,32,36)/t25-,26-/m0/s1. The lowest BCUT2D eigenvalue weighted by atomic mass is 10.0. The number of carbonyl (C=O) groups is 1. The molecule has 0 radical (unpaired) electrons. The summed E-state index contributed by atoms with van der Waals surface area (Å²) >= 11 is 5.88. The Bertz CT molecular complexity index is 1390. The van der Waals surface area contributed by atoms with E-state index in [0.29, 0.717) is 5.11 Å². The molecule has 1 aliphatic heterocycles. The van der Waals surface area contributed by atoms with Crippen LogP contribution in [0.1, 0.15) is 42.9 Å². The van der Waals surface area contributed by atoms with Crippen molar-refractivity contribution in [2.45, 2.75) is 32.9 Å². The molecule has 1 aliphatic rings. The van der Waals surface area contributed by atoms with Crippen molar-refractivity contribution in [3.05, 3.63) is 102 Å². The van der Waals surface area contributed by atoms with E-state index >= 15 is 0 Å². The summed E-state index contributed by atoms with van der Waals surface area (Å²) in [4.78, 5) is 23.6. The topological polar surface area (TPSA) is 75.1 Å². The van der Waals surface area contributed by atoms with Crippen LogP contribution in [-0.4, -0.2) is 25.6 Å². The van der Waals surface area contributed by atoms with E-state index in [4.69, 9.17) is 12.2 Å². The molecule has 4 aromatic rings.